The lowest BCUT2D eigenvalue weighted by atomic mass is 9.99. The Morgan fingerprint density at radius 1 is 1.05 bits per heavy atom. The molecule has 0 aliphatic rings. The third-order valence-corrected chi connectivity index (χ3v) is 4.41. The number of likely N-dealkylation sites (N-methyl/N-ethyl adjacent to an activating group) is 1. The molecule has 0 saturated carbocycles. The number of benzene rings is 2. The minimum absolute atomic E-state index is 0.326. The summed E-state index contributed by atoms with van der Waals surface area (Å²) < 4.78 is 1.10. The lowest BCUT2D eigenvalue weighted by Gasteiger charge is -2.17. The zero-order chi connectivity index (χ0) is 14.5. The van der Waals surface area contributed by atoms with Crippen LogP contribution in [0.2, 0.25) is 10.0 Å². The highest BCUT2D eigenvalue weighted by Gasteiger charge is 2.11. The number of hydrogen-bond acceptors (Lipinski definition) is 1. The lowest BCUT2D eigenvalue weighted by Crippen LogP contribution is -2.30. The fourth-order valence-corrected chi connectivity index (χ4v) is 2.80. The topological polar surface area (TPSA) is 12.0 Å². The van der Waals surface area contributed by atoms with Crippen LogP contribution in [-0.4, -0.2) is 13.1 Å². The smallest absolute Gasteiger partial charge is 0.0439 e. The fourth-order valence-electron chi connectivity index (χ4n) is 2.15. The molecule has 0 aromatic heterocycles. The predicted molar refractivity (Wildman–Crippen MR) is 90.9 cm³/mol. The minimum atomic E-state index is 0.326. The third-order valence-electron chi connectivity index (χ3n) is 3.28. The molecular formula is C16H16BrCl2N. The Morgan fingerprint density at radius 2 is 1.75 bits per heavy atom. The second-order valence-corrected chi connectivity index (χ2v) is 6.52. The second-order valence-electron chi connectivity index (χ2n) is 4.76. The van der Waals surface area contributed by atoms with Crippen LogP contribution < -0.4 is 5.32 Å². The van der Waals surface area contributed by atoms with Gasteiger partial charge >= 0.3 is 0 Å². The summed E-state index contributed by atoms with van der Waals surface area (Å²) in [5.74, 6) is 0. The van der Waals surface area contributed by atoms with Gasteiger partial charge in [-0.1, -0.05) is 51.3 Å². The maximum absolute atomic E-state index is 6.23. The maximum Gasteiger partial charge on any atom is 0.0439 e. The van der Waals surface area contributed by atoms with Crippen LogP contribution in [0.1, 0.15) is 11.1 Å². The average molecular weight is 373 g/mol. The van der Waals surface area contributed by atoms with E-state index in [0.29, 0.717) is 6.04 Å². The molecule has 0 saturated heterocycles. The Hall–Kier alpha value is -0.540. The van der Waals surface area contributed by atoms with Crippen molar-refractivity contribution in [3.8, 4) is 0 Å². The molecule has 1 nitrogen and oxygen atoms in total. The van der Waals surface area contributed by atoms with E-state index in [1.54, 1.807) is 0 Å². The van der Waals surface area contributed by atoms with Crippen molar-refractivity contribution in [2.24, 2.45) is 0 Å². The molecule has 20 heavy (non-hydrogen) atoms. The molecule has 2 rings (SSSR count). The van der Waals surface area contributed by atoms with Gasteiger partial charge in [-0.25, -0.2) is 0 Å². The second kappa shape index (κ2) is 7.46. The van der Waals surface area contributed by atoms with E-state index in [4.69, 9.17) is 23.2 Å². The van der Waals surface area contributed by atoms with Crippen molar-refractivity contribution in [1.82, 2.24) is 5.32 Å². The van der Waals surface area contributed by atoms with Crippen LogP contribution in [0, 0.1) is 0 Å². The number of hydrogen-bond donors (Lipinski definition) is 1. The van der Waals surface area contributed by atoms with E-state index in [-0.39, 0.29) is 0 Å². The zero-order valence-corrected chi connectivity index (χ0v) is 14.3. The van der Waals surface area contributed by atoms with E-state index in [0.717, 1.165) is 32.9 Å². The summed E-state index contributed by atoms with van der Waals surface area (Å²) in [6.07, 6.45) is 1.80. The highest BCUT2D eigenvalue weighted by Crippen LogP contribution is 2.23. The first kappa shape index (κ1) is 15.8. The van der Waals surface area contributed by atoms with Crippen LogP contribution in [0.4, 0.5) is 0 Å². The van der Waals surface area contributed by atoms with Gasteiger partial charge in [0, 0.05) is 20.6 Å². The SMILES string of the molecule is CNC(Cc1ccc(Br)cc1)Cc1cc(Cl)ccc1Cl. The van der Waals surface area contributed by atoms with Gasteiger partial charge in [-0.05, 0) is 61.3 Å². The first-order valence-electron chi connectivity index (χ1n) is 6.44. The maximum atomic E-state index is 6.23. The Morgan fingerprint density at radius 3 is 2.40 bits per heavy atom. The lowest BCUT2D eigenvalue weighted by molar-refractivity contribution is 0.556. The molecule has 0 heterocycles. The molecule has 1 unspecified atom stereocenters. The van der Waals surface area contributed by atoms with E-state index >= 15 is 0 Å². The summed E-state index contributed by atoms with van der Waals surface area (Å²) in [7, 11) is 1.97. The summed E-state index contributed by atoms with van der Waals surface area (Å²) >= 11 is 15.7. The minimum Gasteiger partial charge on any atom is -0.316 e. The molecule has 0 aliphatic carbocycles. The van der Waals surface area contributed by atoms with Crippen molar-refractivity contribution in [1.29, 1.82) is 0 Å². The van der Waals surface area contributed by atoms with Gasteiger partial charge in [-0.2, -0.15) is 0 Å². The van der Waals surface area contributed by atoms with E-state index in [9.17, 15) is 0 Å². The molecular weight excluding hydrogens is 357 g/mol. The number of halogens is 3. The van der Waals surface area contributed by atoms with Gasteiger partial charge in [0.25, 0.3) is 0 Å². The standard InChI is InChI=1S/C16H16BrCl2N/c1-20-15(8-11-2-4-13(17)5-3-11)10-12-9-14(18)6-7-16(12)19/h2-7,9,15,20H,8,10H2,1H3. The Balaban J connectivity index is 2.08. The van der Waals surface area contributed by atoms with Gasteiger partial charge in [-0.3, -0.25) is 0 Å². The number of nitrogens with one attached hydrogen (secondary N) is 1. The predicted octanol–water partition coefficient (Wildman–Crippen LogP) is 5.13. The van der Waals surface area contributed by atoms with E-state index in [1.807, 2.05) is 25.2 Å². The van der Waals surface area contributed by atoms with Gasteiger partial charge in [0.15, 0.2) is 0 Å². The molecule has 0 bridgehead atoms. The van der Waals surface area contributed by atoms with Crippen LogP contribution in [0.5, 0.6) is 0 Å². The van der Waals surface area contributed by atoms with Crippen molar-refractivity contribution < 1.29 is 0 Å². The van der Waals surface area contributed by atoms with Gasteiger partial charge in [0.05, 0.1) is 0 Å². The van der Waals surface area contributed by atoms with Gasteiger partial charge in [0.1, 0.15) is 0 Å². The molecule has 106 valence electrons. The third kappa shape index (κ3) is 4.49. The fraction of sp³-hybridized carbons (Fsp3) is 0.250. The summed E-state index contributed by atoms with van der Waals surface area (Å²) in [5.41, 5.74) is 2.38. The summed E-state index contributed by atoms with van der Waals surface area (Å²) in [5, 5.41) is 4.84. The Labute approximate surface area is 138 Å². The van der Waals surface area contributed by atoms with Crippen molar-refractivity contribution in [3.63, 3.8) is 0 Å². The molecule has 2 aromatic rings. The first-order chi connectivity index (χ1) is 9.58. The molecule has 0 amide bonds. The van der Waals surface area contributed by atoms with Crippen molar-refractivity contribution in [3.05, 3.63) is 68.1 Å². The van der Waals surface area contributed by atoms with Gasteiger partial charge in [0.2, 0.25) is 0 Å². The Kier molecular flexibility index (Phi) is 5.91. The quantitative estimate of drug-likeness (QED) is 0.767. The van der Waals surface area contributed by atoms with Crippen molar-refractivity contribution >= 4 is 39.1 Å². The van der Waals surface area contributed by atoms with Crippen LogP contribution in [0.25, 0.3) is 0 Å². The summed E-state index contributed by atoms with van der Waals surface area (Å²) in [4.78, 5) is 0. The monoisotopic (exact) mass is 371 g/mol. The molecule has 4 heteroatoms. The number of rotatable bonds is 5. The highest BCUT2D eigenvalue weighted by molar-refractivity contribution is 9.10. The molecule has 0 fully saturated rings. The van der Waals surface area contributed by atoms with Crippen LogP contribution in [0.15, 0.2) is 46.9 Å². The zero-order valence-electron chi connectivity index (χ0n) is 11.2. The Bertz CT molecular complexity index is 569. The van der Waals surface area contributed by atoms with E-state index in [2.05, 4.69) is 45.5 Å². The van der Waals surface area contributed by atoms with Crippen molar-refractivity contribution in [2.75, 3.05) is 7.05 Å². The normalized spacial score (nSPS) is 12.4. The van der Waals surface area contributed by atoms with Crippen LogP contribution in [-0.2, 0) is 12.8 Å². The van der Waals surface area contributed by atoms with E-state index in [1.165, 1.54) is 5.56 Å². The van der Waals surface area contributed by atoms with Gasteiger partial charge < -0.3 is 5.32 Å². The van der Waals surface area contributed by atoms with Crippen molar-refractivity contribution in [2.45, 2.75) is 18.9 Å². The molecule has 0 aliphatic heterocycles. The molecule has 1 N–H and O–H groups in total. The molecule has 1 atom stereocenters. The van der Waals surface area contributed by atoms with E-state index < -0.39 is 0 Å². The first-order valence-corrected chi connectivity index (χ1v) is 7.99. The molecule has 0 spiro atoms. The highest BCUT2D eigenvalue weighted by atomic mass is 79.9. The largest absolute Gasteiger partial charge is 0.316 e. The average Bonchev–Trinajstić information content (AvgIpc) is 2.44. The summed E-state index contributed by atoms with van der Waals surface area (Å²) in [6.45, 7) is 0. The van der Waals surface area contributed by atoms with Gasteiger partial charge in [-0.15, -0.1) is 0 Å². The van der Waals surface area contributed by atoms with Crippen LogP contribution in [0.3, 0.4) is 0 Å². The summed E-state index contributed by atoms with van der Waals surface area (Å²) in [6, 6.07) is 14.3. The van der Waals surface area contributed by atoms with Crippen LogP contribution >= 0.6 is 39.1 Å². The molecule has 0 radical (unpaired) electrons. The molecule has 2 aromatic carbocycles.